The molecule has 1 amide bonds. The Bertz CT molecular complexity index is 551. The first-order valence-electron chi connectivity index (χ1n) is 6.30. The van der Waals surface area contributed by atoms with E-state index in [1.54, 1.807) is 44.6 Å². The van der Waals surface area contributed by atoms with Crippen molar-refractivity contribution in [2.75, 3.05) is 7.11 Å². The summed E-state index contributed by atoms with van der Waals surface area (Å²) in [5, 5.41) is 2.74. The molecule has 0 saturated heterocycles. The fourth-order valence-corrected chi connectivity index (χ4v) is 1.69. The van der Waals surface area contributed by atoms with Gasteiger partial charge in [-0.15, -0.1) is 0 Å². The van der Waals surface area contributed by atoms with Crippen LogP contribution >= 0.6 is 0 Å². The molecule has 20 heavy (non-hydrogen) atoms. The third kappa shape index (κ3) is 3.54. The number of furan rings is 1. The molecule has 2 aromatic rings. The highest BCUT2D eigenvalue weighted by atomic mass is 16.5. The lowest BCUT2D eigenvalue weighted by molar-refractivity contribution is -0.127. The maximum absolute atomic E-state index is 11.9. The number of carbonyl (C=O) groups excluding carboxylic acids is 1. The second-order valence-corrected chi connectivity index (χ2v) is 4.21. The summed E-state index contributed by atoms with van der Waals surface area (Å²) >= 11 is 0. The van der Waals surface area contributed by atoms with Crippen LogP contribution in [0, 0.1) is 0 Å². The molecule has 0 saturated carbocycles. The average Bonchev–Trinajstić information content (AvgIpc) is 2.98. The maximum Gasteiger partial charge on any atom is 0.261 e. The van der Waals surface area contributed by atoms with E-state index in [0.29, 0.717) is 23.8 Å². The number of ether oxygens (including phenoxy) is 2. The standard InChI is InChI=1S/C15H17NO4/c1-11(15(17)16-10-12-6-5-9-19-12)20-14-8-4-3-7-13(14)18-2/h3-9,11H,10H2,1-2H3,(H,16,17). The van der Waals surface area contributed by atoms with Crippen molar-refractivity contribution in [2.45, 2.75) is 19.6 Å². The summed E-state index contributed by atoms with van der Waals surface area (Å²) in [6.45, 7) is 2.02. The van der Waals surface area contributed by atoms with E-state index in [9.17, 15) is 4.79 Å². The summed E-state index contributed by atoms with van der Waals surface area (Å²) < 4.78 is 15.9. The second-order valence-electron chi connectivity index (χ2n) is 4.21. The third-order valence-corrected chi connectivity index (χ3v) is 2.76. The molecule has 0 bridgehead atoms. The highest BCUT2D eigenvalue weighted by molar-refractivity contribution is 5.80. The van der Waals surface area contributed by atoms with Crippen LogP contribution < -0.4 is 14.8 Å². The van der Waals surface area contributed by atoms with Crippen LogP contribution in [0.5, 0.6) is 11.5 Å². The Morgan fingerprint density at radius 3 is 2.65 bits per heavy atom. The lowest BCUT2D eigenvalue weighted by Gasteiger charge is -2.16. The van der Waals surface area contributed by atoms with Gasteiger partial charge in [0.2, 0.25) is 0 Å². The Hall–Kier alpha value is -2.43. The molecule has 0 fully saturated rings. The molecule has 2 rings (SSSR count). The predicted molar refractivity (Wildman–Crippen MR) is 73.6 cm³/mol. The summed E-state index contributed by atoms with van der Waals surface area (Å²) in [4.78, 5) is 11.9. The number of carbonyl (C=O) groups is 1. The molecule has 1 heterocycles. The lowest BCUT2D eigenvalue weighted by Crippen LogP contribution is -2.35. The number of hydrogen-bond donors (Lipinski definition) is 1. The van der Waals surface area contributed by atoms with Crippen LogP contribution in [0.1, 0.15) is 12.7 Å². The van der Waals surface area contributed by atoms with Gasteiger partial charge in [-0.3, -0.25) is 4.79 Å². The van der Waals surface area contributed by atoms with E-state index in [4.69, 9.17) is 13.9 Å². The minimum atomic E-state index is -0.624. The topological polar surface area (TPSA) is 60.7 Å². The van der Waals surface area contributed by atoms with Crippen molar-refractivity contribution in [1.82, 2.24) is 5.32 Å². The van der Waals surface area contributed by atoms with Crippen LogP contribution in [0.25, 0.3) is 0 Å². The van der Waals surface area contributed by atoms with Crippen LogP contribution in [0.15, 0.2) is 47.1 Å². The van der Waals surface area contributed by atoms with Crippen molar-refractivity contribution in [3.05, 3.63) is 48.4 Å². The van der Waals surface area contributed by atoms with Crippen LogP contribution in [0.3, 0.4) is 0 Å². The molecule has 1 N–H and O–H groups in total. The normalized spacial score (nSPS) is 11.7. The first kappa shape index (κ1) is 14.0. The zero-order chi connectivity index (χ0) is 14.4. The van der Waals surface area contributed by atoms with E-state index >= 15 is 0 Å². The fourth-order valence-electron chi connectivity index (χ4n) is 1.69. The Balaban J connectivity index is 1.90. The molecular weight excluding hydrogens is 258 g/mol. The van der Waals surface area contributed by atoms with Crippen LogP contribution in [-0.2, 0) is 11.3 Å². The number of methoxy groups -OCH3 is 1. The predicted octanol–water partition coefficient (Wildman–Crippen LogP) is 2.37. The molecule has 1 atom stereocenters. The molecule has 5 nitrogen and oxygen atoms in total. The Morgan fingerprint density at radius 2 is 2.00 bits per heavy atom. The van der Waals surface area contributed by atoms with Crippen LogP contribution in [0.4, 0.5) is 0 Å². The molecule has 1 aromatic carbocycles. The lowest BCUT2D eigenvalue weighted by atomic mass is 10.3. The number of rotatable bonds is 6. The van der Waals surface area contributed by atoms with Gasteiger partial charge in [0.05, 0.1) is 19.9 Å². The van der Waals surface area contributed by atoms with Crippen LogP contribution in [0.2, 0.25) is 0 Å². The van der Waals surface area contributed by atoms with Gasteiger partial charge in [-0.05, 0) is 31.2 Å². The fraction of sp³-hybridized carbons (Fsp3) is 0.267. The summed E-state index contributed by atoms with van der Waals surface area (Å²) in [6.07, 6.45) is 0.942. The third-order valence-electron chi connectivity index (χ3n) is 2.76. The molecule has 0 aliphatic rings. The zero-order valence-corrected chi connectivity index (χ0v) is 11.5. The minimum Gasteiger partial charge on any atom is -0.493 e. The average molecular weight is 275 g/mol. The number of amides is 1. The van der Waals surface area contributed by atoms with E-state index in [1.165, 1.54) is 0 Å². The molecule has 5 heteroatoms. The smallest absolute Gasteiger partial charge is 0.261 e. The zero-order valence-electron chi connectivity index (χ0n) is 11.5. The summed E-state index contributed by atoms with van der Waals surface area (Å²) in [7, 11) is 1.56. The molecule has 106 valence electrons. The van der Waals surface area contributed by atoms with Gasteiger partial charge in [-0.2, -0.15) is 0 Å². The van der Waals surface area contributed by atoms with Crippen molar-refractivity contribution in [3.63, 3.8) is 0 Å². The van der Waals surface area contributed by atoms with Gasteiger partial charge in [0.15, 0.2) is 17.6 Å². The number of para-hydroxylation sites is 2. The highest BCUT2D eigenvalue weighted by Gasteiger charge is 2.16. The largest absolute Gasteiger partial charge is 0.493 e. The number of nitrogens with one attached hydrogen (secondary N) is 1. The quantitative estimate of drug-likeness (QED) is 0.879. The SMILES string of the molecule is COc1ccccc1OC(C)C(=O)NCc1ccco1. The van der Waals surface area contributed by atoms with E-state index < -0.39 is 6.10 Å². The summed E-state index contributed by atoms with van der Waals surface area (Å²) in [6, 6.07) is 10.8. The second kappa shape index (κ2) is 6.65. The summed E-state index contributed by atoms with van der Waals surface area (Å²) in [5.74, 6) is 1.61. The molecule has 0 aliphatic carbocycles. The monoisotopic (exact) mass is 275 g/mol. The molecule has 1 unspecified atom stereocenters. The Labute approximate surface area is 117 Å². The van der Waals surface area contributed by atoms with Gasteiger partial charge in [0.1, 0.15) is 5.76 Å². The Kier molecular flexibility index (Phi) is 4.65. The van der Waals surface area contributed by atoms with Crippen molar-refractivity contribution in [1.29, 1.82) is 0 Å². The van der Waals surface area contributed by atoms with Crippen molar-refractivity contribution in [3.8, 4) is 11.5 Å². The highest BCUT2D eigenvalue weighted by Crippen LogP contribution is 2.26. The van der Waals surface area contributed by atoms with Gasteiger partial charge in [-0.25, -0.2) is 0 Å². The van der Waals surface area contributed by atoms with Crippen molar-refractivity contribution < 1.29 is 18.7 Å². The molecule has 0 aliphatic heterocycles. The van der Waals surface area contributed by atoms with E-state index in [0.717, 1.165) is 0 Å². The summed E-state index contributed by atoms with van der Waals surface area (Å²) in [5.41, 5.74) is 0. The van der Waals surface area contributed by atoms with Crippen LogP contribution in [-0.4, -0.2) is 19.1 Å². The molecule has 1 aromatic heterocycles. The van der Waals surface area contributed by atoms with Gasteiger partial charge < -0.3 is 19.2 Å². The first-order chi connectivity index (χ1) is 9.70. The number of benzene rings is 1. The van der Waals surface area contributed by atoms with Gasteiger partial charge in [0.25, 0.3) is 5.91 Å². The van der Waals surface area contributed by atoms with E-state index in [2.05, 4.69) is 5.32 Å². The van der Waals surface area contributed by atoms with Gasteiger partial charge >= 0.3 is 0 Å². The number of hydrogen-bond acceptors (Lipinski definition) is 4. The molecular formula is C15H17NO4. The minimum absolute atomic E-state index is 0.215. The van der Waals surface area contributed by atoms with Crippen molar-refractivity contribution in [2.24, 2.45) is 0 Å². The van der Waals surface area contributed by atoms with E-state index in [-0.39, 0.29) is 5.91 Å². The van der Waals surface area contributed by atoms with Gasteiger partial charge in [0, 0.05) is 0 Å². The molecule has 0 spiro atoms. The first-order valence-corrected chi connectivity index (χ1v) is 6.30. The molecule has 0 radical (unpaired) electrons. The van der Waals surface area contributed by atoms with E-state index in [1.807, 2.05) is 12.1 Å². The van der Waals surface area contributed by atoms with Crippen molar-refractivity contribution >= 4 is 5.91 Å². The maximum atomic E-state index is 11.9. The van der Waals surface area contributed by atoms with Gasteiger partial charge in [-0.1, -0.05) is 12.1 Å². The Morgan fingerprint density at radius 1 is 1.25 bits per heavy atom.